The molecule has 1 aromatic carbocycles. The Kier molecular flexibility index (Phi) is 3.52. The van der Waals surface area contributed by atoms with Crippen molar-refractivity contribution in [2.45, 2.75) is 6.04 Å². The van der Waals surface area contributed by atoms with Crippen molar-refractivity contribution in [2.24, 2.45) is 0 Å². The second-order valence-electron chi connectivity index (χ2n) is 3.85. The van der Waals surface area contributed by atoms with Gasteiger partial charge in [-0.25, -0.2) is 8.78 Å². The van der Waals surface area contributed by atoms with E-state index >= 15 is 0 Å². The van der Waals surface area contributed by atoms with Gasteiger partial charge in [-0.15, -0.1) is 0 Å². The van der Waals surface area contributed by atoms with Gasteiger partial charge in [0.05, 0.1) is 12.2 Å². The van der Waals surface area contributed by atoms with Crippen molar-refractivity contribution in [2.75, 3.05) is 18.4 Å². The first-order chi connectivity index (χ1) is 8.56. The van der Waals surface area contributed by atoms with Gasteiger partial charge in [-0.05, 0) is 12.1 Å². The van der Waals surface area contributed by atoms with E-state index in [1.54, 1.807) is 0 Å². The standard InChI is InChI=1S/C11H11F2N3O2/c12-6-1-2-8(7(13)3-6)16-11(18)9-4-15-10(17)5-14-9/h1-3,9,14H,4-5H2,(H,15,17)(H,16,18). The van der Waals surface area contributed by atoms with Gasteiger partial charge in [0.2, 0.25) is 11.8 Å². The van der Waals surface area contributed by atoms with Gasteiger partial charge < -0.3 is 10.6 Å². The van der Waals surface area contributed by atoms with Crippen LogP contribution in [-0.4, -0.2) is 30.9 Å². The van der Waals surface area contributed by atoms with E-state index in [1.165, 1.54) is 0 Å². The van der Waals surface area contributed by atoms with Gasteiger partial charge in [-0.1, -0.05) is 0 Å². The Morgan fingerprint density at radius 3 is 2.78 bits per heavy atom. The van der Waals surface area contributed by atoms with Crippen LogP contribution in [0.5, 0.6) is 0 Å². The number of piperazine rings is 1. The molecule has 1 heterocycles. The van der Waals surface area contributed by atoms with Crippen LogP contribution in [0.2, 0.25) is 0 Å². The molecule has 1 atom stereocenters. The van der Waals surface area contributed by atoms with Crippen LogP contribution in [0.15, 0.2) is 18.2 Å². The average Bonchev–Trinajstić information content (AvgIpc) is 2.33. The zero-order valence-electron chi connectivity index (χ0n) is 9.30. The highest BCUT2D eigenvalue weighted by atomic mass is 19.1. The van der Waals surface area contributed by atoms with Gasteiger partial charge in [0, 0.05) is 12.6 Å². The third-order valence-corrected chi connectivity index (χ3v) is 2.52. The number of halogens is 2. The van der Waals surface area contributed by atoms with Gasteiger partial charge in [-0.2, -0.15) is 0 Å². The van der Waals surface area contributed by atoms with E-state index < -0.39 is 23.6 Å². The normalized spacial score (nSPS) is 19.2. The molecule has 0 bridgehead atoms. The molecule has 0 radical (unpaired) electrons. The van der Waals surface area contributed by atoms with Crippen molar-refractivity contribution < 1.29 is 18.4 Å². The van der Waals surface area contributed by atoms with E-state index in [0.29, 0.717) is 6.07 Å². The first kappa shape index (κ1) is 12.4. The van der Waals surface area contributed by atoms with Crippen molar-refractivity contribution in [3.8, 4) is 0 Å². The summed E-state index contributed by atoms with van der Waals surface area (Å²) in [5.74, 6) is -2.25. The molecule has 1 aliphatic rings. The van der Waals surface area contributed by atoms with E-state index in [4.69, 9.17) is 0 Å². The number of nitrogens with one attached hydrogen (secondary N) is 3. The Balaban J connectivity index is 2.00. The van der Waals surface area contributed by atoms with Crippen LogP contribution in [0.25, 0.3) is 0 Å². The third kappa shape index (κ3) is 2.80. The molecule has 0 spiro atoms. The summed E-state index contributed by atoms with van der Waals surface area (Å²) >= 11 is 0. The Morgan fingerprint density at radius 1 is 1.39 bits per heavy atom. The lowest BCUT2D eigenvalue weighted by Gasteiger charge is -2.23. The highest BCUT2D eigenvalue weighted by Crippen LogP contribution is 2.15. The fraction of sp³-hybridized carbons (Fsp3) is 0.273. The minimum Gasteiger partial charge on any atom is -0.353 e. The molecule has 2 amide bonds. The number of carbonyl (C=O) groups excluding carboxylic acids is 2. The molecule has 1 unspecified atom stereocenters. The molecule has 7 heteroatoms. The maximum Gasteiger partial charge on any atom is 0.243 e. The second-order valence-corrected chi connectivity index (χ2v) is 3.85. The minimum atomic E-state index is -0.844. The molecule has 18 heavy (non-hydrogen) atoms. The predicted octanol–water partition coefficient (Wildman–Crippen LogP) is -0.00870. The van der Waals surface area contributed by atoms with Crippen LogP contribution in [0.3, 0.4) is 0 Å². The predicted molar refractivity (Wildman–Crippen MR) is 59.8 cm³/mol. The topological polar surface area (TPSA) is 70.2 Å². The highest BCUT2D eigenvalue weighted by molar-refractivity contribution is 5.96. The van der Waals surface area contributed by atoms with Crippen LogP contribution in [0, 0.1) is 11.6 Å². The lowest BCUT2D eigenvalue weighted by atomic mass is 10.2. The number of rotatable bonds is 2. The lowest BCUT2D eigenvalue weighted by molar-refractivity contribution is -0.124. The van der Waals surface area contributed by atoms with Crippen LogP contribution < -0.4 is 16.0 Å². The maximum atomic E-state index is 13.3. The van der Waals surface area contributed by atoms with Crippen LogP contribution >= 0.6 is 0 Å². The number of amides is 2. The van der Waals surface area contributed by atoms with Crippen LogP contribution in [0.1, 0.15) is 0 Å². The van der Waals surface area contributed by atoms with E-state index in [0.717, 1.165) is 12.1 Å². The molecule has 3 N–H and O–H groups in total. The molecule has 1 saturated heterocycles. The molecule has 2 rings (SSSR count). The molecule has 0 aliphatic carbocycles. The van der Waals surface area contributed by atoms with Crippen LogP contribution in [-0.2, 0) is 9.59 Å². The van der Waals surface area contributed by atoms with Gasteiger partial charge >= 0.3 is 0 Å². The smallest absolute Gasteiger partial charge is 0.243 e. The molecule has 1 aromatic rings. The summed E-state index contributed by atoms with van der Waals surface area (Å²) < 4.78 is 26.0. The minimum absolute atomic E-state index is 0.0317. The van der Waals surface area contributed by atoms with Crippen molar-refractivity contribution in [1.82, 2.24) is 10.6 Å². The Morgan fingerprint density at radius 2 is 2.17 bits per heavy atom. The second kappa shape index (κ2) is 5.09. The molecule has 5 nitrogen and oxygen atoms in total. The summed E-state index contributed by atoms with van der Waals surface area (Å²) in [6, 6.07) is 2.25. The SMILES string of the molecule is O=C1CNC(C(=O)Nc2ccc(F)cc2F)CN1. The van der Waals surface area contributed by atoms with Crippen molar-refractivity contribution in [3.05, 3.63) is 29.8 Å². The average molecular weight is 255 g/mol. The molecule has 0 saturated carbocycles. The molecule has 96 valence electrons. The van der Waals surface area contributed by atoms with Gasteiger partial charge in [-0.3, -0.25) is 14.9 Å². The first-order valence-electron chi connectivity index (χ1n) is 5.32. The zero-order chi connectivity index (χ0) is 13.1. The number of hydrogen-bond acceptors (Lipinski definition) is 3. The van der Waals surface area contributed by atoms with E-state index in [2.05, 4.69) is 16.0 Å². The summed E-state index contributed by atoms with van der Waals surface area (Å²) in [5.41, 5.74) is -0.0971. The third-order valence-electron chi connectivity index (χ3n) is 2.52. The maximum absolute atomic E-state index is 13.3. The Labute approximate surface area is 102 Å². The molecule has 1 fully saturated rings. The Hall–Kier alpha value is -2.02. The van der Waals surface area contributed by atoms with Crippen molar-refractivity contribution in [3.63, 3.8) is 0 Å². The molecular weight excluding hydrogens is 244 g/mol. The van der Waals surface area contributed by atoms with Gasteiger partial charge in [0.15, 0.2) is 0 Å². The fourth-order valence-electron chi connectivity index (χ4n) is 1.56. The number of benzene rings is 1. The summed E-state index contributed by atoms with van der Waals surface area (Å²) in [6.07, 6.45) is 0. The summed E-state index contributed by atoms with van der Waals surface area (Å²) in [5, 5.41) is 7.53. The largest absolute Gasteiger partial charge is 0.353 e. The van der Waals surface area contributed by atoms with Gasteiger partial charge in [0.1, 0.15) is 17.7 Å². The highest BCUT2D eigenvalue weighted by Gasteiger charge is 2.24. The van der Waals surface area contributed by atoms with E-state index in [1.807, 2.05) is 0 Å². The number of anilines is 1. The van der Waals surface area contributed by atoms with Crippen molar-refractivity contribution >= 4 is 17.5 Å². The molecule has 0 aromatic heterocycles. The van der Waals surface area contributed by atoms with Crippen molar-refractivity contribution in [1.29, 1.82) is 0 Å². The fourth-order valence-corrected chi connectivity index (χ4v) is 1.56. The zero-order valence-corrected chi connectivity index (χ0v) is 9.30. The molecule has 1 aliphatic heterocycles. The molecular formula is C11H11F2N3O2. The number of hydrogen-bond donors (Lipinski definition) is 3. The number of carbonyl (C=O) groups is 2. The monoisotopic (exact) mass is 255 g/mol. The summed E-state index contributed by atoms with van der Waals surface area (Å²) in [4.78, 5) is 22.6. The first-order valence-corrected chi connectivity index (χ1v) is 5.32. The van der Waals surface area contributed by atoms with Crippen LogP contribution in [0.4, 0.5) is 14.5 Å². The lowest BCUT2D eigenvalue weighted by Crippen LogP contribution is -2.56. The summed E-state index contributed by atoms with van der Waals surface area (Å²) in [6.45, 7) is 0.164. The van der Waals surface area contributed by atoms with E-state index in [9.17, 15) is 18.4 Å². The Bertz CT molecular complexity index is 483. The van der Waals surface area contributed by atoms with Gasteiger partial charge in [0.25, 0.3) is 0 Å². The quantitative estimate of drug-likeness (QED) is 0.696. The van der Waals surface area contributed by atoms with E-state index in [-0.39, 0.29) is 24.7 Å². The summed E-state index contributed by atoms with van der Waals surface area (Å²) in [7, 11) is 0.